The summed E-state index contributed by atoms with van der Waals surface area (Å²) < 4.78 is 7.09. The largest absolute Gasteiger partial charge is 0.378 e. The summed E-state index contributed by atoms with van der Waals surface area (Å²) in [7, 11) is 1.90. The van der Waals surface area contributed by atoms with Crippen LogP contribution in [-0.2, 0) is 4.74 Å². The molecule has 2 N–H and O–H groups in total. The number of benzene rings is 1. The molecule has 2 rings (SSSR count). The predicted octanol–water partition coefficient (Wildman–Crippen LogP) is 5.97. The third-order valence-corrected chi connectivity index (χ3v) is 6.26. The highest BCUT2D eigenvalue weighted by molar-refractivity contribution is 9.10. The molecule has 1 fully saturated rings. The molecule has 0 spiro atoms. The smallest absolute Gasteiger partial charge is 0.321 e. The van der Waals surface area contributed by atoms with E-state index in [1.54, 1.807) is 0 Å². The Kier molecular flexibility index (Phi) is 12.1. The van der Waals surface area contributed by atoms with E-state index >= 15 is 0 Å². The van der Waals surface area contributed by atoms with Gasteiger partial charge in [0.05, 0.1) is 6.10 Å². The lowest BCUT2D eigenvalue weighted by molar-refractivity contribution is 0.0131. The normalized spacial score (nSPS) is 18.7. The van der Waals surface area contributed by atoms with Gasteiger partial charge in [0.1, 0.15) is 0 Å². The number of anilines is 1. The van der Waals surface area contributed by atoms with Gasteiger partial charge in [-0.25, -0.2) is 4.79 Å². The molecule has 0 radical (unpaired) electrons. The molecule has 1 aromatic carbocycles. The second-order valence-corrected chi connectivity index (χ2v) is 9.01. The number of hydrogen-bond donors (Lipinski definition) is 2. The SMILES string of the molecule is C=CCCNCCCCCCOC1CCC(N(C)C(=O)Nc2ccc(Br)cc2)CC1. The highest BCUT2D eigenvalue weighted by Crippen LogP contribution is 2.25. The van der Waals surface area contributed by atoms with Gasteiger partial charge in [0.2, 0.25) is 0 Å². The maximum absolute atomic E-state index is 12.5. The van der Waals surface area contributed by atoms with Crippen molar-refractivity contribution in [3.63, 3.8) is 0 Å². The summed E-state index contributed by atoms with van der Waals surface area (Å²) in [6.07, 6.45) is 12.3. The van der Waals surface area contributed by atoms with Crippen LogP contribution >= 0.6 is 15.9 Å². The first kappa shape index (κ1) is 24.9. The number of nitrogens with zero attached hydrogens (tertiary/aromatic N) is 1. The fourth-order valence-electron chi connectivity index (χ4n) is 3.79. The molecule has 1 aliphatic carbocycles. The van der Waals surface area contributed by atoms with Gasteiger partial charge in [-0.1, -0.05) is 34.8 Å². The number of hydrogen-bond acceptors (Lipinski definition) is 3. The molecule has 1 aromatic rings. The van der Waals surface area contributed by atoms with Crippen molar-refractivity contribution in [2.75, 3.05) is 32.1 Å². The maximum atomic E-state index is 12.5. The zero-order valence-corrected chi connectivity index (χ0v) is 20.0. The van der Waals surface area contributed by atoms with E-state index in [9.17, 15) is 4.79 Å². The Labute approximate surface area is 190 Å². The minimum absolute atomic E-state index is 0.0410. The van der Waals surface area contributed by atoms with Crippen LogP contribution in [0.15, 0.2) is 41.4 Å². The number of carbonyl (C=O) groups excluding carboxylic acids is 1. The van der Waals surface area contributed by atoms with E-state index < -0.39 is 0 Å². The third-order valence-electron chi connectivity index (χ3n) is 5.73. The predicted molar refractivity (Wildman–Crippen MR) is 129 cm³/mol. The van der Waals surface area contributed by atoms with Gasteiger partial charge in [-0.05, 0) is 82.3 Å². The quantitative estimate of drug-likeness (QED) is 0.270. The van der Waals surface area contributed by atoms with E-state index in [-0.39, 0.29) is 12.1 Å². The Morgan fingerprint density at radius 2 is 1.83 bits per heavy atom. The highest BCUT2D eigenvalue weighted by Gasteiger charge is 2.26. The van der Waals surface area contributed by atoms with Gasteiger partial charge in [-0.3, -0.25) is 0 Å². The lowest BCUT2D eigenvalue weighted by Crippen LogP contribution is -2.42. The summed E-state index contributed by atoms with van der Waals surface area (Å²) in [6.45, 7) is 6.73. The molecule has 0 aromatic heterocycles. The lowest BCUT2D eigenvalue weighted by Gasteiger charge is -2.34. The molecular formula is C24H38BrN3O2. The van der Waals surface area contributed by atoms with Crippen molar-refractivity contribution >= 4 is 27.6 Å². The molecule has 2 amide bonds. The van der Waals surface area contributed by atoms with Gasteiger partial charge in [-0.15, -0.1) is 6.58 Å². The molecular weight excluding hydrogens is 442 g/mol. The van der Waals surface area contributed by atoms with Crippen LogP contribution in [0.4, 0.5) is 10.5 Å². The molecule has 0 aliphatic heterocycles. The Bertz CT molecular complexity index is 615. The summed E-state index contributed by atoms with van der Waals surface area (Å²) in [4.78, 5) is 14.4. The molecule has 1 saturated carbocycles. The molecule has 6 heteroatoms. The van der Waals surface area contributed by atoms with E-state index in [0.29, 0.717) is 6.10 Å². The van der Waals surface area contributed by atoms with Gasteiger partial charge >= 0.3 is 6.03 Å². The van der Waals surface area contributed by atoms with Crippen LogP contribution in [0.5, 0.6) is 0 Å². The Hall–Kier alpha value is -1.37. The van der Waals surface area contributed by atoms with Crippen molar-refractivity contribution in [1.29, 1.82) is 0 Å². The zero-order valence-electron chi connectivity index (χ0n) is 18.4. The fraction of sp³-hybridized carbons (Fsp3) is 0.625. The second kappa shape index (κ2) is 14.6. The number of nitrogens with one attached hydrogen (secondary N) is 2. The number of carbonyl (C=O) groups is 1. The molecule has 0 bridgehead atoms. The van der Waals surface area contributed by atoms with Crippen molar-refractivity contribution in [3.8, 4) is 0 Å². The zero-order chi connectivity index (χ0) is 21.6. The van der Waals surface area contributed by atoms with Gasteiger partial charge in [-0.2, -0.15) is 0 Å². The van der Waals surface area contributed by atoms with Crippen LogP contribution in [-0.4, -0.2) is 49.8 Å². The Morgan fingerprint density at radius 1 is 1.13 bits per heavy atom. The standard InChI is InChI=1S/C24H38BrN3O2/c1-3-4-17-26-18-7-5-6-8-19-30-23-15-13-22(14-16-23)28(2)24(29)27-21-11-9-20(25)10-12-21/h3,9-12,22-23,26H,1,4-8,13-19H2,2H3,(H,27,29). The van der Waals surface area contributed by atoms with E-state index in [1.165, 1.54) is 19.3 Å². The van der Waals surface area contributed by atoms with Crippen LogP contribution in [0, 0.1) is 0 Å². The Morgan fingerprint density at radius 3 is 2.53 bits per heavy atom. The van der Waals surface area contributed by atoms with Gasteiger partial charge in [0.15, 0.2) is 0 Å². The van der Waals surface area contributed by atoms with Crippen molar-refractivity contribution in [2.45, 2.75) is 69.9 Å². The van der Waals surface area contributed by atoms with Crippen LogP contribution in [0.2, 0.25) is 0 Å². The summed E-state index contributed by atoms with van der Waals surface area (Å²) in [5.74, 6) is 0. The monoisotopic (exact) mass is 479 g/mol. The lowest BCUT2D eigenvalue weighted by atomic mass is 9.92. The summed E-state index contributed by atoms with van der Waals surface area (Å²) in [5, 5.41) is 6.41. The highest BCUT2D eigenvalue weighted by atomic mass is 79.9. The van der Waals surface area contributed by atoms with Crippen LogP contribution in [0.25, 0.3) is 0 Å². The molecule has 30 heavy (non-hydrogen) atoms. The molecule has 0 atom stereocenters. The maximum Gasteiger partial charge on any atom is 0.321 e. The fourth-order valence-corrected chi connectivity index (χ4v) is 4.06. The molecule has 1 aliphatic rings. The number of halogens is 1. The minimum Gasteiger partial charge on any atom is -0.378 e. The van der Waals surface area contributed by atoms with Crippen LogP contribution in [0.3, 0.4) is 0 Å². The van der Waals surface area contributed by atoms with E-state index in [1.807, 2.05) is 42.3 Å². The van der Waals surface area contributed by atoms with Gasteiger partial charge < -0.3 is 20.3 Å². The van der Waals surface area contributed by atoms with Crippen molar-refractivity contribution in [1.82, 2.24) is 10.2 Å². The topological polar surface area (TPSA) is 53.6 Å². The minimum atomic E-state index is -0.0410. The van der Waals surface area contributed by atoms with Crippen molar-refractivity contribution in [2.24, 2.45) is 0 Å². The molecule has 0 saturated heterocycles. The van der Waals surface area contributed by atoms with Gasteiger partial charge in [0, 0.05) is 29.9 Å². The first-order chi connectivity index (χ1) is 14.6. The molecule has 5 nitrogen and oxygen atoms in total. The van der Waals surface area contributed by atoms with Crippen LogP contribution < -0.4 is 10.6 Å². The summed E-state index contributed by atoms with van der Waals surface area (Å²) in [6, 6.07) is 7.91. The second-order valence-electron chi connectivity index (χ2n) is 8.09. The number of ether oxygens (including phenoxy) is 1. The number of amides is 2. The summed E-state index contributed by atoms with van der Waals surface area (Å²) >= 11 is 3.41. The third kappa shape index (κ3) is 9.63. The Balaban J connectivity index is 1.52. The first-order valence-electron chi connectivity index (χ1n) is 11.3. The molecule has 0 heterocycles. The average Bonchev–Trinajstić information content (AvgIpc) is 2.76. The number of unbranched alkanes of at least 4 members (excludes halogenated alkanes) is 3. The van der Waals surface area contributed by atoms with Crippen molar-refractivity contribution < 1.29 is 9.53 Å². The van der Waals surface area contributed by atoms with Crippen molar-refractivity contribution in [3.05, 3.63) is 41.4 Å². The van der Waals surface area contributed by atoms with E-state index in [4.69, 9.17) is 4.74 Å². The number of rotatable bonds is 13. The van der Waals surface area contributed by atoms with E-state index in [2.05, 4.69) is 33.1 Å². The number of urea groups is 1. The summed E-state index contributed by atoms with van der Waals surface area (Å²) in [5.41, 5.74) is 0.819. The first-order valence-corrected chi connectivity index (χ1v) is 12.1. The molecule has 168 valence electrons. The van der Waals surface area contributed by atoms with E-state index in [0.717, 1.165) is 68.4 Å². The average molecular weight is 480 g/mol. The van der Waals surface area contributed by atoms with Gasteiger partial charge in [0.25, 0.3) is 0 Å². The van der Waals surface area contributed by atoms with Crippen LogP contribution in [0.1, 0.15) is 57.8 Å². The molecule has 0 unspecified atom stereocenters.